The monoisotopic (exact) mass is 254 g/mol. The predicted molar refractivity (Wildman–Crippen MR) is 62.6 cm³/mol. The fourth-order valence-electron chi connectivity index (χ4n) is 1.98. The van der Waals surface area contributed by atoms with Crippen LogP contribution in [0.4, 0.5) is 4.79 Å². The van der Waals surface area contributed by atoms with E-state index in [1.54, 1.807) is 0 Å². The van der Waals surface area contributed by atoms with Gasteiger partial charge < -0.3 is 4.74 Å². The Morgan fingerprint density at radius 1 is 1.33 bits per heavy atom. The van der Waals surface area contributed by atoms with Crippen LogP contribution in [-0.2, 0) is 14.3 Å². The van der Waals surface area contributed by atoms with Gasteiger partial charge >= 0.3 is 6.03 Å². The highest BCUT2D eigenvalue weighted by atomic mass is 16.5. The number of nitrogens with one attached hydrogen (secondary N) is 1. The number of imide groups is 2. The molecule has 1 aliphatic heterocycles. The van der Waals surface area contributed by atoms with Gasteiger partial charge in [0.05, 0.1) is 13.2 Å². The minimum Gasteiger partial charge on any atom is -0.379 e. The largest absolute Gasteiger partial charge is 0.379 e. The second-order valence-corrected chi connectivity index (χ2v) is 5.27. The molecule has 0 aromatic heterocycles. The van der Waals surface area contributed by atoms with Crippen LogP contribution in [0.25, 0.3) is 0 Å². The molecule has 0 aromatic rings. The highest BCUT2D eigenvalue weighted by Gasteiger charge is 2.62. The van der Waals surface area contributed by atoms with Crippen LogP contribution in [0.15, 0.2) is 0 Å². The van der Waals surface area contributed by atoms with E-state index in [0.29, 0.717) is 32.0 Å². The van der Waals surface area contributed by atoms with Gasteiger partial charge in [-0.1, -0.05) is 13.8 Å². The first-order valence-electron chi connectivity index (χ1n) is 6.22. The maximum Gasteiger partial charge on any atom is 0.330 e. The summed E-state index contributed by atoms with van der Waals surface area (Å²) in [5, 5.41) is 2.23. The first kappa shape index (κ1) is 13.0. The average molecular weight is 254 g/mol. The molecule has 1 saturated carbocycles. The zero-order chi connectivity index (χ0) is 13.3. The number of carbonyl (C=O) groups excluding carboxylic acids is 3. The lowest BCUT2D eigenvalue weighted by molar-refractivity contribution is -0.145. The Bertz CT molecular complexity index is 388. The van der Waals surface area contributed by atoms with Gasteiger partial charge in [-0.25, -0.2) is 4.79 Å². The zero-order valence-electron chi connectivity index (χ0n) is 10.7. The van der Waals surface area contributed by atoms with Gasteiger partial charge in [0.2, 0.25) is 11.8 Å². The third-order valence-corrected chi connectivity index (χ3v) is 3.22. The number of nitrogens with zero attached hydrogens (tertiary/aromatic N) is 1. The molecule has 0 aromatic carbocycles. The topological polar surface area (TPSA) is 75.7 Å². The summed E-state index contributed by atoms with van der Waals surface area (Å²) in [4.78, 5) is 36.3. The van der Waals surface area contributed by atoms with E-state index in [-0.39, 0.29) is 12.5 Å². The lowest BCUT2D eigenvalue weighted by Crippen LogP contribution is -2.59. The van der Waals surface area contributed by atoms with Crippen LogP contribution in [0, 0.1) is 11.3 Å². The lowest BCUT2D eigenvalue weighted by atomic mass is 10.0. The number of hydrogen-bond donors (Lipinski definition) is 1. The molecule has 0 radical (unpaired) electrons. The molecule has 2 fully saturated rings. The van der Waals surface area contributed by atoms with E-state index in [2.05, 4.69) is 5.32 Å². The molecular formula is C12H18N2O4. The number of urea groups is 1. The fraction of sp³-hybridized carbons (Fsp3) is 0.750. The maximum absolute atomic E-state index is 12.0. The van der Waals surface area contributed by atoms with Crippen LogP contribution in [0.5, 0.6) is 0 Å². The molecule has 0 unspecified atom stereocenters. The van der Waals surface area contributed by atoms with Crippen LogP contribution in [0.1, 0.15) is 26.7 Å². The first-order valence-corrected chi connectivity index (χ1v) is 6.22. The number of hydrogen-bond acceptors (Lipinski definition) is 4. The maximum atomic E-state index is 12.0. The molecule has 6 nitrogen and oxygen atoms in total. The SMILES string of the molecule is CC(C)COCCN1C(=O)NC(=O)C2(CC2)C1=O. The number of barbiturate groups is 1. The van der Waals surface area contributed by atoms with E-state index in [4.69, 9.17) is 4.74 Å². The van der Waals surface area contributed by atoms with E-state index < -0.39 is 17.4 Å². The van der Waals surface area contributed by atoms with E-state index in [1.165, 1.54) is 0 Å². The Balaban J connectivity index is 1.89. The predicted octanol–water partition coefficient (Wildman–Crippen LogP) is 0.518. The summed E-state index contributed by atoms with van der Waals surface area (Å²) in [6.07, 6.45) is 1.07. The summed E-state index contributed by atoms with van der Waals surface area (Å²) < 4.78 is 5.35. The van der Waals surface area contributed by atoms with Gasteiger partial charge in [0.15, 0.2) is 0 Å². The number of amides is 4. The van der Waals surface area contributed by atoms with Crippen LogP contribution < -0.4 is 5.32 Å². The quantitative estimate of drug-likeness (QED) is 0.573. The molecule has 1 heterocycles. The van der Waals surface area contributed by atoms with Gasteiger partial charge in [0.1, 0.15) is 5.41 Å². The Morgan fingerprint density at radius 3 is 2.56 bits per heavy atom. The molecule has 0 atom stereocenters. The molecule has 6 heteroatoms. The molecule has 4 amide bonds. The van der Waals surface area contributed by atoms with Gasteiger partial charge in [0.25, 0.3) is 0 Å². The second-order valence-electron chi connectivity index (χ2n) is 5.27. The fourth-order valence-corrected chi connectivity index (χ4v) is 1.98. The summed E-state index contributed by atoms with van der Waals surface area (Å²) in [6.45, 7) is 5.15. The van der Waals surface area contributed by atoms with Gasteiger partial charge in [-0.15, -0.1) is 0 Å². The van der Waals surface area contributed by atoms with Crippen molar-refractivity contribution in [2.24, 2.45) is 11.3 Å². The molecule has 100 valence electrons. The minimum absolute atomic E-state index is 0.201. The van der Waals surface area contributed by atoms with Crippen molar-refractivity contribution in [3.63, 3.8) is 0 Å². The average Bonchev–Trinajstić information content (AvgIpc) is 3.07. The summed E-state index contributed by atoms with van der Waals surface area (Å²) in [5.74, 6) is -0.409. The normalized spacial score (nSPS) is 21.7. The highest BCUT2D eigenvalue weighted by molar-refractivity contribution is 6.20. The molecule has 1 N–H and O–H groups in total. The highest BCUT2D eigenvalue weighted by Crippen LogP contribution is 2.48. The number of carbonyl (C=O) groups is 3. The van der Waals surface area contributed by atoms with Crippen molar-refractivity contribution < 1.29 is 19.1 Å². The Labute approximate surface area is 106 Å². The molecule has 18 heavy (non-hydrogen) atoms. The van der Waals surface area contributed by atoms with E-state index in [9.17, 15) is 14.4 Å². The van der Waals surface area contributed by atoms with Gasteiger partial charge in [-0.05, 0) is 18.8 Å². The van der Waals surface area contributed by atoms with Crippen molar-refractivity contribution in [3.05, 3.63) is 0 Å². The smallest absolute Gasteiger partial charge is 0.330 e. The molecular weight excluding hydrogens is 236 g/mol. The standard InChI is InChI=1S/C12H18N2O4/c1-8(2)7-18-6-5-14-10(16)12(3-4-12)9(15)13-11(14)17/h8H,3-7H2,1-2H3,(H,13,15,17). The lowest BCUT2D eigenvalue weighted by Gasteiger charge is -2.30. The van der Waals surface area contributed by atoms with Gasteiger partial charge in [-0.2, -0.15) is 0 Å². The van der Waals surface area contributed by atoms with E-state index in [0.717, 1.165) is 4.90 Å². The summed E-state index contributed by atoms with van der Waals surface area (Å²) >= 11 is 0. The first-order chi connectivity index (χ1) is 8.47. The van der Waals surface area contributed by atoms with E-state index in [1.807, 2.05) is 13.8 Å². The summed E-state index contributed by atoms with van der Waals surface area (Å²) in [7, 11) is 0. The zero-order valence-corrected chi connectivity index (χ0v) is 10.7. The van der Waals surface area contributed by atoms with Gasteiger partial charge in [-0.3, -0.25) is 19.8 Å². The third kappa shape index (κ3) is 2.25. The Morgan fingerprint density at radius 2 is 2.00 bits per heavy atom. The van der Waals surface area contributed by atoms with Gasteiger partial charge in [0, 0.05) is 6.61 Å². The molecule has 2 rings (SSSR count). The number of rotatable bonds is 5. The van der Waals surface area contributed by atoms with Crippen molar-refractivity contribution in [2.45, 2.75) is 26.7 Å². The van der Waals surface area contributed by atoms with Crippen LogP contribution in [-0.4, -0.2) is 42.5 Å². The Hall–Kier alpha value is -1.43. The summed E-state index contributed by atoms with van der Waals surface area (Å²) in [5.41, 5.74) is -0.952. The van der Waals surface area contributed by atoms with Crippen LogP contribution >= 0.6 is 0 Å². The van der Waals surface area contributed by atoms with Crippen LogP contribution in [0.2, 0.25) is 0 Å². The summed E-state index contributed by atoms with van der Waals surface area (Å²) in [6, 6.07) is -0.629. The number of ether oxygens (including phenoxy) is 1. The van der Waals surface area contributed by atoms with E-state index >= 15 is 0 Å². The molecule has 0 bridgehead atoms. The second kappa shape index (κ2) is 4.68. The minimum atomic E-state index is -0.952. The van der Waals surface area contributed by atoms with Crippen molar-refractivity contribution in [3.8, 4) is 0 Å². The van der Waals surface area contributed by atoms with Crippen molar-refractivity contribution in [1.29, 1.82) is 0 Å². The van der Waals surface area contributed by atoms with Crippen LogP contribution in [0.3, 0.4) is 0 Å². The molecule has 2 aliphatic rings. The molecule has 1 aliphatic carbocycles. The van der Waals surface area contributed by atoms with Crippen molar-refractivity contribution in [1.82, 2.24) is 10.2 Å². The van der Waals surface area contributed by atoms with Crippen molar-refractivity contribution in [2.75, 3.05) is 19.8 Å². The Kier molecular flexibility index (Phi) is 3.38. The molecule has 1 saturated heterocycles. The van der Waals surface area contributed by atoms with Crippen molar-refractivity contribution >= 4 is 17.8 Å². The third-order valence-electron chi connectivity index (χ3n) is 3.22. The molecule has 1 spiro atoms.